The number of hydrogen-bond donors (Lipinski definition) is 1. The fourth-order valence-electron chi connectivity index (χ4n) is 4.96. The van der Waals surface area contributed by atoms with Gasteiger partial charge in [0.2, 0.25) is 0 Å². The van der Waals surface area contributed by atoms with Crippen LogP contribution in [0.5, 0.6) is 0 Å². The minimum absolute atomic E-state index is 0.00195. The average Bonchev–Trinajstić information content (AvgIpc) is 2.86. The van der Waals surface area contributed by atoms with Crippen molar-refractivity contribution < 1.29 is 37.6 Å². The van der Waals surface area contributed by atoms with Gasteiger partial charge >= 0.3 is 11.9 Å². The van der Waals surface area contributed by atoms with Crippen LogP contribution in [0, 0.1) is 10.3 Å². The Balaban J connectivity index is 1.32. The molecule has 1 amide bonds. The Morgan fingerprint density at radius 3 is 2.03 bits per heavy atom. The molecular weight excluding hydrogens is 488 g/mol. The molecule has 0 unspecified atom stereocenters. The molecule has 1 aromatic carbocycles. The minimum Gasteiger partial charge on any atom is -0.461 e. The number of quaternary nitrogens is 2. The van der Waals surface area contributed by atoms with Gasteiger partial charge in [-0.15, -0.1) is 0 Å². The van der Waals surface area contributed by atoms with Crippen LogP contribution in [0.25, 0.3) is 0 Å². The van der Waals surface area contributed by atoms with Crippen molar-refractivity contribution in [3.05, 3.63) is 34.7 Å². The molecule has 3 aliphatic heterocycles. The molecule has 1 aromatic rings. The van der Waals surface area contributed by atoms with Gasteiger partial charge in [0.1, 0.15) is 52.0 Å². The average molecular weight is 534 g/mol. The fourth-order valence-corrected chi connectivity index (χ4v) is 4.96. The van der Waals surface area contributed by atoms with E-state index in [2.05, 4.69) is 26.1 Å². The van der Waals surface area contributed by atoms with E-state index in [1.165, 1.54) is 7.05 Å². The van der Waals surface area contributed by atoms with Gasteiger partial charge < -0.3 is 23.8 Å². The first-order valence-electron chi connectivity index (χ1n) is 13.6. The second kappa shape index (κ2) is 12.3. The number of fused-ring (bicyclic) bond motifs is 3. The second-order valence-corrected chi connectivity index (χ2v) is 12.1. The van der Waals surface area contributed by atoms with Gasteiger partial charge in [-0.1, -0.05) is 20.8 Å². The van der Waals surface area contributed by atoms with Gasteiger partial charge in [-0.3, -0.25) is 9.59 Å². The lowest BCUT2D eigenvalue weighted by molar-refractivity contribution is -1.07. The number of carbonyl (C=O) groups excluding carboxylic acids is 3. The van der Waals surface area contributed by atoms with Gasteiger partial charge in [-0.2, -0.15) is 0 Å². The molecule has 1 N–H and O–H groups in total. The van der Waals surface area contributed by atoms with E-state index in [-0.39, 0.29) is 42.4 Å². The first-order chi connectivity index (χ1) is 17.8. The molecule has 1 atom stereocenters. The molecule has 10 heteroatoms. The Kier molecular flexibility index (Phi) is 9.64. The summed E-state index contributed by atoms with van der Waals surface area (Å²) in [5.74, 6) is -0.444. The molecule has 210 valence electrons. The van der Waals surface area contributed by atoms with Crippen molar-refractivity contribution in [2.24, 2.45) is 5.41 Å². The molecule has 0 aliphatic carbocycles. The Morgan fingerprint density at radius 1 is 0.947 bits per heavy atom. The molecule has 0 radical (unpaired) electrons. The second-order valence-electron chi connectivity index (χ2n) is 12.1. The van der Waals surface area contributed by atoms with Crippen molar-refractivity contribution in [2.45, 2.75) is 53.2 Å². The summed E-state index contributed by atoms with van der Waals surface area (Å²) in [5.41, 5.74) is 1.27. The molecule has 0 aromatic heterocycles. The van der Waals surface area contributed by atoms with Gasteiger partial charge in [-0.25, -0.2) is 4.79 Å². The zero-order chi connectivity index (χ0) is 28.0. The van der Waals surface area contributed by atoms with Crippen molar-refractivity contribution in [3.8, 4) is 0 Å². The predicted molar refractivity (Wildman–Crippen MR) is 142 cm³/mol. The first kappa shape index (κ1) is 29.7. The lowest BCUT2D eigenvalue weighted by Crippen LogP contribution is -2.76. The fraction of sp³-hybridized carbons (Fsp3) is 0.679. The number of rotatable bonds is 12. The molecule has 0 spiro atoms. The van der Waals surface area contributed by atoms with E-state index in [0.717, 1.165) is 58.6 Å². The number of carbonyl (C=O) groups is 3. The van der Waals surface area contributed by atoms with Crippen LogP contribution in [-0.2, 0) is 30.5 Å². The SMILES string of the molecule is C[C@@H](OC(=O)C[N+]12CC[N+](CC(=O)NCCCC(=O)OCc3ccc([N+](C)=O)cc3)(CC1)CC2)C(C)(C)C. The zero-order valence-corrected chi connectivity index (χ0v) is 23.7. The lowest BCUT2D eigenvalue weighted by Gasteiger charge is -2.54. The van der Waals surface area contributed by atoms with E-state index in [1.807, 2.05) is 6.92 Å². The topological polar surface area (TPSA) is 102 Å². The van der Waals surface area contributed by atoms with Crippen LogP contribution in [0.2, 0.25) is 0 Å². The van der Waals surface area contributed by atoms with Crippen LogP contribution in [-0.4, -0.2) is 104 Å². The lowest BCUT2D eigenvalue weighted by atomic mass is 9.90. The van der Waals surface area contributed by atoms with Gasteiger partial charge in [0.15, 0.2) is 20.1 Å². The Bertz CT molecular complexity index is 993. The minimum atomic E-state index is -0.317. The van der Waals surface area contributed by atoms with Crippen molar-refractivity contribution in [2.75, 3.05) is 66.0 Å². The Labute approximate surface area is 226 Å². The van der Waals surface area contributed by atoms with Crippen molar-refractivity contribution in [3.63, 3.8) is 0 Å². The molecule has 3 saturated heterocycles. The summed E-state index contributed by atoms with van der Waals surface area (Å²) in [5, 5.41) is 2.95. The number of nitrogens with one attached hydrogen (secondary N) is 1. The largest absolute Gasteiger partial charge is 0.461 e. The number of piperazine rings is 3. The van der Waals surface area contributed by atoms with Crippen LogP contribution < -0.4 is 5.32 Å². The molecule has 3 aliphatic rings. The number of hydrogen-bond acceptors (Lipinski definition) is 6. The molecule has 38 heavy (non-hydrogen) atoms. The van der Waals surface area contributed by atoms with Crippen molar-refractivity contribution >= 4 is 23.5 Å². The van der Waals surface area contributed by atoms with E-state index < -0.39 is 0 Å². The third kappa shape index (κ3) is 8.33. The number of nitroso groups, excluding NO2 is 1. The third-order valence-corrected chi connectivity index (χ3v) is 8.20. The van der Waals surface area contributed by atoms with Gasteiger partial charge in [0, 0.05) is 34.8 Å². The molecule has 3 heterocycles. The maximum absolute atomic E-state index is 12.6. The van der Waals surface area contributed by atoms with Gasteiger partial charge in [0.05, 0.1) is 0 Å². The molecule has 10 nitrogen and oxygen atoms in total. The van der Waals surface area contributed by atoms with E-state index in [4.69, 9.17) is 9.47 Å². The number of nitrogens with zero attached hydrogens (tertiary/aromatic N) is 3. The summed E-state index contributed by atoms with van der Waals surface area (Å²) in [4.78, 5) is 48.5. The highest BCUT2D eigenvalue weighted by Crippen LogP contribution is 2.27. The normalized spacial score (nSPS) is 23.4. The highest BCUT2D eigenvalue weighted by Gasteiger charge is 2.51. The number of esters is 2. The number of amides is 1. The van der Waals surface area contributed by atoms with Gasteiger partial charge in [0.25, 0.3) is 11.6 Å². The van der Waals surface area contributed by atoms with Gasteiger partial charge in [-0.05, 0) is 36.5 Å². The monoisotopic (exact) mass is 533 g/mol. The molecule has 2 bridgehead atoms. The van der Waals surface area contributed by atoms with Crippen LogP contribution in [0.1, 0.15) is 46.1 Å². The summed E-state index contributed by atoms with van der Waals surface area (Å²) in [6.07, 6.45) is 0.610. The van der Waals surface area contributed by atoms with E-state index in [9.17, 15) is 19.3 Å². The number of ether oxygens (including phenoxy) is 2. The maximum atomic E-state index is 12.6. The summed E-state index contributed by atoms with van der Waals surface area (Å²) in [6, 6.07) is 6.88. The predicted octanol–water partition coefficient (Wildman–Crippen LogP) is 2.31. The third-order valence-electron chi connectivity index (χ3n) is 8.20. The Morgan fingerprint density at radius 2 is 1.50 bits per heavy atom. The maximum Gasteiger partial charge on any atom is 0.362 e. The summed E-state index contributed by atoms with van der Waals surface area (Å²) < 4.78 is 13.3. The summed E-state index contributed by atoms with van der Waals surface area (Å²) in [7, 11) is 1.43. The molecule has 4 rings (SSSR count). The summed E-state index contributed by atoms with van der Waals surface area (Å²) >= 11 is 0. The summed E-state index contributed by atoms with van der Waals surface area (Å²) in [6.45, 7) is 14.9. The highest BCUT2D eigenvalue weighted by atomic mass is 16.5. The van der Waals surface area contributed by atoms with E-state index in [1.54, 1.807) is 24.3 Å². The highest BCUT2D eigenvalue weighted by molar-refractivity contribution is 5.77. The van der Waals surface area contributed by atoms with Crippen LogP contribution in [0.15, 0.2) is 24.3 Å². The quantitative estimate of drug-likeness (QED) is 0.192. The Hall–Kier alpha value is -2.85. The van der Waals surface area contributed by atoms with Crippen LogP contribution >= 0.6 is 0 Å². The van der Waals surface area contributed by atoms with Crippen LogP contribution in [0.3, 0.4) is 0 Å². The van der Waals surface area contributed by atoms with Crippen molar-refractivity contribution in [1.82, 2.24) is 5.32 Å². The van der Waals surface area contributed by atoms with Crippen LogP contribution in [0.4, 0.5) is 5.69 Å². The smallest absolute Gasteiger partial charge is 0.362 e. The number of benzene rings is 1. The standard InChI is InChI=1S/C28H44N4O6/c1-22(28(2,3)4)38-27(35)20-32-16-13-31(14-17-32,15-18-32)19-25(33)29-12-6-7-26(34)37-21-23-8-10-24(11-9-23)30(5)36/h8-11,22H,6-7,12-21H2,1-5H3/q+2/p+1/t22-,31?,32?/m1/s1. The molecular formula is C28H45N4O6+3. The first-order valence-corrected chi connectivity index (χ1v) is 13.6. The zero-order valence-electron chi connectivity index (χ0n) is 23.7. The van der Waals surface area contributed by atoms with Crippen molar-refractivity contribution in [1.29, 1.82) is 0 Å². The molecule has 0 saturated carbocycles. The van der Waals surface area contributed by atoms with E-state index in [0.29, 0.717) is 31.7 Å². The molecule has 3 fully saturated rings. The van der Waals surface area contributed by atoms with E-state index >= 15 is 0 Å².